The second kappa shape index (κ2) is 7.20. The van der Waals surface area contributed by atoms with Gasteiger partial charge < -0.3 is 15.8 Å². The Morgan fingerprint density at radius 1 is 1.33 bits per heavy atom. The van der Waals surface area contributed by atoms with E-state index in [4.69, 9.17) is 10.5 Å². The van der Waals surface area contributed by atoms with Crippen LogP contribution in [0.2, 0.25) is 0 Å². The molecule has 0 aromatic heterocycles. The zero-order valence-corrected chi connectivity index (χ0v) is 10.2. The molecule has 1 rings (SSSR count). The highest BCUT2D eigenvalue weighted by atomic mass is 16.5. The van der Waals surface area contributed by atoms with E-state index in [0.717, 1.165) is 32.2 Å². The van der Waals surface area contributed by atoms with E-state index in [0.29, 0.717) is 5.92 Å². The lowest BCUT2D eigenvalue weighted by molar-refractivity contribution is 0.184. The van der Waals surface area contributed by atoms with Crippen molar-refractivity contribution < 1.29 is 4.74 Å². The average Bonchev–Trinajstić information content (AvgIpc) is 2.57. The summed E-state index contributed by atoms with van der Waals surface area (Å²) in [6.07, 6.45) is 3.95. The van der Waals surface area contributed by atoms with Crippen LogP contribution in [0.1, 0.15) is 33.1 Å². The molecule has 15 heavy (non-hydrogen) atoms. The molecule has 1 saturated heterocycles. The zero-order chi connectivity index (χ0) is 11.1. The summed E-state index contributed by atoms with van der Waals surface area (Å²) in [4.78, 5) is 0. The van der Waals surface area contributed by atoms with Gasteiger partial charge in [-0.1, -0.05) is 26.7 Å². The lowest BCUT2D eigenvalue weighted by Crippen LogP contribution is -2.36. The van der Waals surface area contributed by atoms with Crippen molar-refractivity contribution >= 4 is 0 Å². The molecule has 0 aliphatic carbocycles. The summed E-state index contributed by atoms with van der Waals surface area (Å²) >= 11 is 0. The molecule has 90 valence electrons. The average molecular weight is 214 g/mol. The molecule has 0 spiro atoms. The van der Waals surface area contributed by atoms with E-state index in [1.54, 1.807) is 0 Å². The van der Waals surface area contributed by atoms with Gasteiger partial charge in [-0.3, -0.25) is 0 Å². The summed E-state index contributed by atoms with van der Waals surface area (Å²) in [6, 6.07) is 0.244. The van der Waals surface area contributed by atoms with E-state index in [2.05, 4.69) is 19.2 Å². The smallest absolute Gasteiger partial charge is 0.0621 e. The van der Waals surface area contributed by atoms with Crippen LogP contribution < -0.4 is 11.1 Å². The number of unbranched alkanes of at least 4 members (excludes halogenated alkanes) is 1. The van der Waals surface area contributed by atoms with E-state index in [9.17, 15) is 0 Å². The molecule has 1 aliphatic heterocycles. The molecule has 2 unspecified atom stereocenters. The molecule has 3 N–H and O–H groups in total. The van der Waals surface area contributed by atoms with Gasteiger partial charge >= 0.3 is 0 Å². The number of nitrogens with two attached hydrogens (primary N) is 1. The van der Waals surface area contributed by atoms with Gasteiger partial charge in [0.25, 0.3) is 0 Å². The molecule has 0 amide bonds. The number of ether oxygens (including phenoxy) is 1. The first kappa shape index (κ1) is 12.9. The van der Waals surface area contributed by atoms with Crippen molar-refractivity contribution in [3.05, 3.63) is 0 Å². The van der Waals surface area contributed by atoms with Crippen LogP contribution in [0.3, 0.4) is 0 Å². The summed E-state index contributed by atoms with van der Waals surface area (Å²) in [6.45, 7) is 8.27. The Kier molecular flexibility index (Phi) is 6.22. The summed E-state index contributed by atoms with van der Waals surface area (Å²) < 4.78 is 5.31. The summed E-state index contributed by atoms with van der Waals surface area (Å²) in [5.74, 6) is 1.36. The summed E-state index contributed by atoms with van der Waals surface area (Å²) in [5.41, 5.74) is 5.89. The Bertz CT molecular complexity index is 162. The maximum absolute atomic E-state index is 5.89. The van der Waals surface area contributed by atoms with Crippen LogP contribution >= 0.6 is 0 Å². The third kappa shape index (κ3) is 5.50. The second-order valence-corrected chi connectivity index (χ2v) is 5.06. The standard InChI is InChI=1S/C12H26N2O/c1-10(2)5-3-4-6-14-7-11-8-15-9-12(11)13/h10-12,14H,3-9,13H2,1-2H3. The first-order valence-electron chi connectivity index (χ1n) is 6.24. The van der Waals surface area contributed by atoms with Crippen LogP contribution in [0, 0.1) is 11.8 Å². The van der Waals surface area contributed by atoms with Crippen LogP contribution in [-0.4, -0.2) is 32.3 Å². The quantitative estimate of drug-likeness (QED) is 0.629. The van der Waals surface area contributed by atoms with Gasteiger partial charge in [-0.05, 0) is 18.9 Å². The topological polar surface area (TPSA) is 47.3 Å². The van der Waals surface area contributed by atoms with Crippen LogP contribution in [0.4, 0.5) is 0 Å². The number of nitrogens with one attached hydrogen (secondary N) is 1. The highest BCUT2D eigenvalue weighted by Gasteiger charge is 2.23. The third-order valence-electron chi connectivity index (χ3n) is 3.04. The van der Waals surface area contributed by atoms with Crippen molar-refractivity contribution in [2.45, 2.75) is 39.2 Å². The SMILES string of the molecule is CC(C)CCCCNCC1COCC1N. The van der Waals surface area contributed by atoms with Crippen LogP contribution in [-0.2, 0) is 4.74 Å². The molecule has 0 radical (unpaired) electrons. The molecule has 1 aliphatic rings. The first-order chi connectivity index (χ1) is 7.20. The van der Waals surface area contributed by atoms with E-state index in [1.165, 1.54) is 19.3 Å². The molecular weight excluding hydrogens is 188 g/mol. The van der Waals surface area contributed by atoms with Crippen molar-refractivity contribution in [2.75, 3.05) is 26.3 Å². The highest BCUT2D eigenvalue weighted by Crippen LogP contribution is 2.10. The van der Waals surface area contributed by atoms with Gasteiger partial charge in [-0.15, -0.1) is 0 Å². The molecule has 2 atom stereocenters. The van der Waals surface area contributed by atoms with E-state index < -0.39 is 0 Å². The van der Waals surface area contributed by atoms with Crippen molar-refractivity contribution in [1.82, 2.24) is 5.32 Å². The lowest BCUT2D eigenvalue weighted by Gasteiger charge is -2.13. The predicted octanol–water partition coefficient (Wildman–Crippen LogP) is 1.38. The van der Waals surface area contributed by atoms with Gasteiger partial charge in [0.1, 0.15) is 0 Å². The van der Waals surface area contributed by atoms with Crippen LogP contribution in [0.5, 0.6) is 0 Å². The van der Waals surface area contributed by atoms with Gasteiger partial charge in [-0.2, -0.15) is 0 Å². The fourth-order valence-electron chi connectivity index (χ4n) is 1.92. The van der Waals surface area contributed by atoms with E-state index in [-0.39, 0.29) is 6.04 Å². The highest BCUT2D eigenvalue weighted by molar-refractivity contribution is 4.79. The van der Waals surface area contributed by atoms with Crippen LogP contribution in [0.15, 0.2) is 0 Å². The molecule has 1 heterocycles. The fraction of sp³-hybridized carbons (Fsp3) is 1.00. The molecule has 0 bridgehead atoms. The Balaban J connectivity index is 1.88. The van der Waals surface area contributed by atoms with E-state index in [1.807, 2.05) is 0 Å². The van der Waals surface area contributed by atoms with Crippen molar-refractivity contribution in [2.24, 2.45) is 17.6 Å². The lowest BCUT2D eigenvalue weighted by atomic mass is 10.0. The van der Waals surface area contributed by atoms with E-state index >= 15 is 0 Å². The largest absolute Gasteiger partial charge is 0.379 e. The number of hydrogen-bond acceptors (Lipinski definition) is 3. The predicted molar refractivity (Wildman–Crippen MR) is 63.8 cm³/mol. The number of hydrogen-bond donors (Lipinski definition) is 2. The zero-order valence-electron chi connectivity index (χ0n) is 10.2. The van der Waals surface area contributed by atoms with Crippen molar-refractivity contribution in [1.29, 1.82) is 0 Å². The van der Waals surface area contributed by atoms with Gasteiger partial charge in [0.05, 0.1) is 13.2 Å². The Morgan fingerprint density at radius 2 is 2.13 bits per heavy atom. The van der Waals surface area contributed by atoms with Gasteiger partial charge in [0.15, 0.2) is 0 Å². The number of rotatable bonds is 7. The third-order valence-corrected chi connectivity index (χ3v) is 3.04. The molecular formula is C12H26N2O. The normalized spacial score (nSPS) is 26.4. The van der Waals surface area contributed by atoms with Gasteiger partial charge in [-0.25, -0.2) is 0 Å². The summed E-state index contributed by atoms with van der Waals surface area (Å²) in [7, 11) is 0. The molecule has 3 heteroatoms. The molecule has 0 saturated carbocycles. The minimum absolute atomic E-state index is 0.244. The molecule has 0 aromatic carbocycles. The van der Waals surface area contributed by atoms with Gasteiger partial charge in [0.2, 0.25) is 0 Å². The van der Waals surface area contributed by atoms with Crippen molar-refractivity contribution in [3.63, 3.8) is 0 Å². The Labute approximate surface area is 93.8 Å². The maximum Gasteiger partial charge on any atom is 0.0621 e. The minimum atomic E-state index is 0.244. The van der Waals surface area contributed by atoms with Crippen molar-refractivity contribution in [3.8, 4) is 0 Å². The van der Waals surface area contributed by atoms with Crippen LogP contribution in [0.25, 0.3) is 0 Å². The summed E-state index contributed by atoms with van der Waals surface area (Å²) in [5, 5.41) is 3.47. The molecule has 0 aromatic rings. The second-order valence-electron chi connectivity index (χ2n) is 5.06. The Morgan fingerprint density at radius 3 is 2.73 bits per heavy atom. The monoisotopic (exact) mass is 214 g/mol. The molecule has 1 fully saturated rings. The Hall–Kier alpha value is -0.120. The fourth-order valence-corrected chi connectivity index (χ4v) is 1.92. The first-order valence-corrected chi connectivity index (χ1v) is 6.24. The maximum atomic E-state index is 5.89. The van der Waals surface area contributed by atoms with Gasteiger partial charge in [0, 0.05) is 18.5 Å². The molecule has 3 nitrogen and oxygen atoms in total. The minimum Gasteiger partial charge on any atom is -0.379 e.